The predicted octanol–water partition coefficient (Wildman–Crippen LogP) is 5.48. The molecule has 1 fully saturated rings. The first-order chi connectivity index (χ1) is 12.8. The molecule has 27 heavy (non-hydrogen) atoms. The average molecular weight is 387 g/mol. The average Bonchev–Trinajstić information content (AvgIpc) is 2.64. The fraction of sp³-hybridized carbons (Fsp3) is 0.522. The second-order valence-electron chi connectivity index (χ2n) is 8.37. The van der Waals surface area contributed by atoms with Crippen LogP contribution in [0.2, 0.25) is 5.02 Å². The third-order valence-electron chi connectivity index (χ3n) is 6.37. The van der Waals surface area contributed by atoms with Gasteiger partial charge in [0.25, 0.3) is 5.91 Å². The van der Waals surface area contributed by atoms with Crippen molar-refractivity contribution >= 4 is 17.5 Å². The van der Waals surface area contributed by atoms with Crippen LogP contribution in [-0.4, -0.2) is 23.9 Å². The molecule has 0 atom stereocenters. The Morgan fingerprint density at radius 3 is 2.52 bits per heavy atom. The molecule has 4 heteroatoms. The Bertz CT molecular complexity index is 773. The van der Waals surface area contributed by atoms with E-state index in [1.165, 1.54) is 23.1 Å². The van der Waals surface area contributed by atoms with Crippen LogP contribution in [0.15, 0.2) is 41.7 Å². The van der Waals surface area contributed by atoms with Gasteiger partial charge in [-0.25, -0.2) is 0 Å². The maximum atomic E-state index is 12.6. The minimum absolute atomic E-state index is 0.0382. The maximum absolute atomic E-state index is 12.6. The Hall–Kier alpha value is -1.74. The van der Waals surface area contributed by atoms with Gasteiger partial charge in [0.15, 0.2) is 0 Å². The normalized spacial score (nSPS) is 19.8. The summed E-state index contributed by atoms with van der Waals surface area (Å²) < 4.78 is 0. The lowest BCUT2D eigenvalue weighted by Gasteiger charge is -2.42. The van der Waals surface area contributed by atoms with E-state index >= 15 is 0 Å². The van der Waals surface area contributed by atoms with Crippen molar-refractivity contribution in [3.8, 4) is 0 Å². The topological polar surface area (TPSA) is 32.3 Å². The highest BCUT2D eigenvalue weighted by Crippen LogP contribution is 2.38. The molecule has 2 aliphatic rings. The van der Waals surface area contributed by atoms with Gasteiger partial charge in [0, 0.05) is 23.7 Å². The second kappa shape index (κ2) is 8.10. The van der Waals surface area contributed by atoms with E-state index in [2.05, 4.69) is 49.7 Å². The van der Waals surface area contributed by atoms with E-state index in [0.717, 1.165) is 61.6 Å². The molecule has 0 spiro atoms. The van der Waals surface area contributed by atoms with E-state index in [-0.39, 0.29) is 11.3 Å². The van der Waals surface area contributed by atoms with Gasteiger partial charge in [0.1, 0.15) is 5.82 Å². The standard InChI is InChI=1S/C23H31ClN2O/c1-16-7-5-6-8-20(16)22(27)25-18(3)26-13-11-23(4,12-14-26)21-15-19(24)10-9-17(21)2/h9-10,15H,3,5-8,11-14H2,1-2,4H3,(H,25,27). The summed E-state index contributed by atoms with van der Waals surface area (Å²) in [6.07, 6.45) is 6.26. The minimum atomic E-state index is 0.0382. The van der Waals surface area contributed by atoms with Gasteiger partial charge in [-0.15, -0.1) is 0 Å². The van der Waals surface area contributed by atoms with Gasteiger partial charge >= 0.3 is 0 Å². The number of benzene rings is 1. The van der Waals surface area contributed by atoms with Crippen molar-refractivity contribution in [2.45, 2.75) is 64.7 Å². The summed E-state index contributed by atoms with van der Waals surface area (Å²) in [5, 5.41) is 3.85. The number of allylic oxidation sites excluding steroid dienone is 1. The lowest BCUT2D eigenvalue weighted by Crippen LogP contribution is -2.44. The number of hydrogen-bond acceptors (Lipinski definition) is 2. The van der Waals surface area contributed by atoms with Gasteiger partial charge in [-0.3, -0.25) is 4.79 Å². The zero-order valence-electron chi connectivity index (χ0n) is 16.8. The zero-order valence-corrected chi connectivity index (χ0v) is 17.6. The minimum Gasteiger partial charge on any atom is -0.359 e. The van der Waals surface area contributed by atoms with Gasteiger partial charge in [-0.1, -0.05) is 36.7 Å². The monoisotopic (exact) mass is 386 g/mol. The molecule has 1 saturated heterocycles. The molecule has 1 amide bonds. The number of amides is 1. The van der Waals surface area contributed by atoms with Crippen LogP contribution < -0.4 is 5.32 Å². The van der Waals surface area contributed by atoms with Gasteiger partial charge in [-0.2, -0.15) is 0 Å². The number of aryl methyl sites for hydroxylation is 1. The van der Waals surface area contributed by atoms with Crippen LogP contribution >= 0.6 is 11.6 Å². The Morgan fingerprint density at radius 2 is 1.85 bits per heavy atom. The van der Waals surface area contributed by atoms with E-state index in [0.29, 0.717) is 0 Å². The van der Waals surface area contributed by atoms with E-state index in [4.69, 9.17) is 11.6 Å². The van der Waals surface area contributed by atoms with E-state index in [1.54, 1.807) is 0 Å². The molecule has 0 saturated carbocycles. The maximum Gasteiger partial charge on any atom is 0.252 e. The molecule has 1 aromatic rings. The molecule has 1 aromatic carbocycles. The Morgan fingerprint density at radius 1 is 1.19 bits per heavy atom. The number of hydrogen-bond donors (Lipinski definition) is 1. The van der Waals surface area contributed by atoms with Gasteiger partial charge in [0.05, 0.1) is 0 Å². The number of carbonyl (C=O) groups is 1. The summed E-state index contributed by atoms with van der Waals surface area (Å²) >= 11 is 6.24. The predicted molar refractivity (Wildman–Crippen MR) is 113 cm³/mol. The van der Waals surface area contributed by atoms with Crippen LogP contribution in [0, 0.1) is 6.92 Å². The number of rotatable bonds is 4. The van der Waals surface area contributed by atoms with Crippen LogP contribution in [0.25, 0.3) is 0 Å². The van der Waals surface area contributed by atoms with Crippen molar-refractivity contribution in [1.82, 2.24) is 10.2 Å². The lowest BCUT2D eigenvalue weighted by atomic mass is 9.73. The van der Waals surface area contributed by atoms with Gasteiger partial charge in [0.2, 0.25) is 0 Å². The molecule has 1 aliphatic carbocycles. The number of carbonyl (C=O) groups excluding carboxylic acids is 1. The number of piperidine rings is 1. The molecular weight excluding hydrogens is 356 g/mol. The first-order valence-electron chi connectivity index (χ1n) is 10.0. The molecule has 0 unspecified atom stereocenters. The Balaban J connectivity index is 1.62. The summed E-state index contributed by atoms with van der Waals surface area (Å²) in [6.45, 7) is 12.5. The van der Waals surface area contributed by atoms with Crippen molar-refractivity contribution in [3.05, 3.63) is 57.9 Å². The molecule has 0 bridgehead atoms. The molecule has 1 N–H and O–H groups in total. The van der Waals surface area contributed by atoms with E-state index in [1.807, 2.05) is 6.07 Å². The number of nitrogens with one attached hydrogen (secondary N) is 1. The Kier molecular flexibility index (Phi) is 6.00. The van der Waals surface area contributed by atoms with Crippen molar-refractivity contribution < 1.29 is 4.79 Å². The third kappa shape index (κ3) is 4.40. The van der Waals surface area contributed by atoms with Crippen LogP contribution in [0.4, 0.5) is 0 Å². The molecule has 146 valence electrons. The highest BCUT2D eigenvalue weighted by molar-refractivity contribution is 6.30. The molecular formula is C23H31ClN2O. The van der Waals surface area contributed by atoms with Crippen LogP contribution in [0.3, 0.4) is 0 Å². The summed E-state index contributed by atoms with van der Waals surface area (Å²) in [5.74, 6) is 0.770. The van der Waals surface area contributed by atoms with Crippen LogP contribution in [0.1, 0.15) is 63.5 Å². The SMILES string of the molecule is C=C(NC(=O)C1=C(C)CCCC1)N1CCC(C)(c2cc(Cl)ccc2C)CC1. The van der Waals surface area contributed by atoms with Crippen molar-refractivity contribution in [2.75, 3.05) is 13.1 Å². The smallest absolute Gasteiger partial charge is 0.252 e. The molecule has 3 rings (SSSR count). The molecule has 1 aliphatic heterocycles. The highest BCUT2D eigenvalue weighted by Gasteiger charge is 2.33. The van der Waals surface area contributed by atoms with Gasteiger partial charge < -0.3 is 10.2 Å². The lowest BCUT2D eigenvalue weighted by molar-refractivity contribution is -0.117. The first kappa shape index (κ1) is 20.0. The fourth-order valence-corrected chi connectivity index (χ4v) is 4.61. The highest BCUT2D eigenvalue weighted by atomic mass is 35.5. The van der Waals surface area contributed by atoms with E-state index in [9.17, 15) is 4.79 Å². The van der Waals surface area contributed by atoms with E-state index < -0.39 is 0 Å². The molecule has 0 aromatic heterocycles. The number of likely N-dealkylation sites (tertiary alicyclic amines) is 1. The largest absolute Gasteiger partial charge is 0.359 e. The zero-order chi connectivity index (χ0) is 19.6. The van der Waals surface area contributed by atoms with Crippen molar-refractivity contribution in [3.63, 3.8) is 0 Å². The molecule has 0 radical (unpaired) electrons. The van der Waals surface area contributed by atoms with Crippen LogP contribution in [-0.2, 0) is 10.2 Å². The summed E-state index contributed by atoms with van der Waals surface area (Å²) in [4.78, 5) is 14.8. The second-order valence-corrected chi connectivity index (χ2v) is 8.81. The van der Waals surface area contributed by atoms with Crippen LogP contribution in [0.5, 0.6) is 0 Å². The van der Waals surface area contributed by atoms with Crippen molar-refractivity contribution in [1.29, 1.82) is 0 Å². The summed E-state index contributed by atoms with van der Waals surface area (Å²) in [5.41, 5.74) is 4.93. The number of nitrogens with zero attached hydrogens (tertiary/aromatic N) is 1. The quantitative estimate of drug-likeness (QED) is 0.743. The first-order valence-corrected chi connectivity index (χ1v) is 10.4. The molecule has 3 nitrogen and oxygen atoms in total. The molecule has 1 heterocycles. The van der Waals surface area contributed by atoms with Gasteiger partial charge in [-0.05, 0) is 81.0 Å². The fourth-order valence-electron chi connectivity index (χ4n) is 4.43. The number of halogens is 1. The summed E-state index contributed by atoms with van der Waals surface area (Å²) in [6, 6.07) is 6.17. The Labute approximate surface area is 168 Å². The van der Waals surface area contributed by atoms with Crippen molar-refractivity contribution in [2.24, 2.45) is 0 Å². The third-order valence-corrected chi connectivity index (χ3v) is 6.61. The summed E-state index contributed by atoms with van der Waals surface area (Å²) in [7, 11) is 0.